The third kappa shape index (κ3) is 2.05. The molecule has 0 aliphatic rings. The largest absolute Gasteiger partial charge is 0.458 e. The predicted molar refractivity (Wildman–Crippen MR) is 56.2 cm³/mol. The Labute approximate surface area is 90.1 Å². The van der Waals surface area contributed by atoms with Gasteiger partial charge >= 0.3 is 0 Å². The van der Waals surface area contributed by atoms with Crippen molar-refractivity contribution in [3.63, 3.8) is 0 Å². The smallest absolute Gasteiger partial charge is 0.185 e. The lowest BCUT2D eigenvalue weighted by atomic mass is 10.3. The highest BCUT2D eigenvalue weighted by Gasteiger charge is 2.04. The molecule has 0 radical (unpaired) electrons. The maximum atomic E-state index is 10.4. The Kier molecular flexibility index (Phi) is 2.70. The minimum Gasteiger partial charge on any atom is -0.458 e. The third-order valence-electron chi connectivity index (χ3n) is 1.78. The summed E-state index contributed by atoms with van der Waals surface area (Å²) in [6.07, 6.45) is 1.39. The summed E-state index contributed by atoms with van der Waals surface area (Å²) in [5.41, 5.74) is 0. The van der Waals surface area contributed by atoms with Crippen LogP contribution in [0.25, 0.3) is 0 Å². The van der Waals surface area contributed by atoms with E-state index in [0.29, 0.717) is 18.5 Å². The highest BCUT2D eigenvalue weighted by molar-refractivity contribution is 7.16. The van der Waals surface area contributed by atoms with Crippen LogP contribution in [-0.4, -0.2) is 6.29 Å². The lowest BCUT2D eigenvalue weighted by molar-refractivity contribution is 0.109. The number of halogens is 1. The van der Waals surface area contributed by atoms with E-state index in [-0.39, 0.29) is 0 Å². The molecule has 0 N–H and O–H groups in total. The first-order valence-electron chi connectivity index (χ1n) is 4.06. The quantitative estimate of drug-likeness (QED) is 0.751. The van der Waals surface area contributed by atoms with Crippen molar-refractivity contribution in [2.24, 2.45) is 0 Å². The predicted octanol–water partition coefficient (Wildman–Crippen LogP) is 3.40. The summed E-state index contributed by atoms with van der Waals surface area (Å²) in [4.78, 5) is 11.5. The van der Waals surface area contributed by atoms with Gasteiger partial charge in [0.25, 0.3) is 0 Å². The van der Waals surface area contributed by atoms with E-state index in [1.807, 2.05) is 12.1 Å². The lowest BCUT2D eigenvalue weighted by Gasteiger charge is -1.91. The second-order valence-corrected chi connectivity index (χ2v) is 4.60. The number of rotatable bonds is 3. The van der Waals surface area contributed by atoms with Crippen LogP contribution in [0.2, 0.25) is 4.34 Å². The maximum absolute atomic E-state index is 10.4. The van der Waals surface area contributed by atoms with Crippen LogP contribution in [0.3, 0.4) is 0 Å². The summed E-state index contributed by atoms with van der Waals surface area (Å²) in [7, 11) is 0. The first-order chi connectivity index (χ1) is 6.78. The van der Waals surface area contributed by atoms with Crippen molar-refractivity contribution in [2.45, 2.75) is 6.42 Å². The van der Waals surface area contributed by atoms with Crippen molar-refractivity contribution in [3.8, 4) is 0 Å². The molecule has 0 spiro atoms. The zero-order valence-electron chi connectivity index (χ0n) is 7.20. The Morgan fingerprint density at radius 2 is 2.21 bits per heavy atom. The van der Waals surface area contributed by atoms with Gasteiger partial charge in [-0.2, -0.15) is 0 Å². The van der Waals surface area contributed by atoms with Gasteiger partial charge in [0.05, 0.1) is 4.34 Å². The van der Waals surface area contributed by atoms with E-state index in [4.69, 9.17) is 16.0 Å². The first kappa shape index (κ1) is 9.49. The molecule has 0 aliphatic heterocycles. The molecule has 0 amide bonds. The van der Waals surface area contributed by atoms with E-state index in [2.05, 4.69) is 0 Å². The second kappa shape index (κ2) is 3.98. The minimum atomic E-state index is 0.364. The summed E-state index contributed by atoms with van der Waals surface area (Å²) < 4.78 is 6.01. The molecule has 0 unspecified atom stereocenters. The van der Waals surface area contributed by atoms with Crippen LogP contribution < -0.4 is 0 Å². The number of aldehydes is 1. The average molecular weight is 227 g/mol. The van der Waals surface area contributed by atoms with Gasteiger partial charge in [-0.25, -0.2) is 0 Å². The Bertz CT molecular complexity index is 444. The molecule has 0 fully saturated rings. The number of furan rings is 1. The fourth-order valence-corrected chi connectivity index (χ4v) is 2.27. The molecule has 2 aromatic rings. The van der Waals surface area contributed by atoms with Gasteiger partial charge in [-0.15, -0.1) is 11.3 Å². The Morgan fingerprint density at radius 1 is 1.36 bits per heavy atom. The molecule has 2 heterocycles. The van der Waals surface area contributed by atoms with Crippen molar-refractivity contribution in [1.29, 1.82) is 0 Å². The van der Waals surface area contributed by atoms with E-state index in [0.717, 1.165) is 15.0 Å². The number of hydrogen-bond donors (Lipinski definition) is 0. The highest BCUT2D eigenvalue weighted by Crippen LogP contribution is 2.24. The van der Waals surface area contributed by atoms with E-state index in [1.54, 1.807) is 12.1 Å². The van der Waals surface area contributed by atoms with E-state index >= 15 is 0 Å². The summed E-state index contributed by atoms with van der Waals surface area (Å²) in [5, 5.41) is 0. The molecule has 0 atom stereocenters. The molecule has 0 bridgehead atoms. The monoisotopic (exact) mass is 226 g/mol. The van der Waals surface area contributed by atoms with Gasteiger partial charge in [0, 0.05) is 11.3 Å². The Hall–Kier alpha value is -1.06. The Balaban J connectivity index is 2.14. The molecular formula is C10H7ClO2S. The second-order valence-electron chi connectivity index (χ2n) is 2.80. The fourth-order valence-electron chi connectivity index (χ4n) is 1.17. The molecule has 14 heavy (non-hydrogen) atoms. The number of hydrogen-bond acceptors (Lipinski definition) is 3. The first-order valence-corrected chi connectivity index (χ1v) is 5.25. The zero-order valence-corrected chi connectivity index (χ0v) is 8.77. The van der Waals surface area contributed by atoms with E-state index in [9.17, 15) is 4.79 Å². The van der Waals surface area contributed by atoms with Crippen molar-refractivity contribution >= 4 is 29.2 Å². The number of carbonyl (C=O) groups excluding carboxylic acids is 1. The Morgan fingerprint density at radius 3 is 2.79 bits per heavy atom. The van der Waals surface area contributed by atoms with Gasteiger partial charge in [-0.3, -0.25) is 4.79 Å². The lowest BCUT2D eigenvalue weighted by Crippen LogP contribution is -1.79. The standard InChI is InChI=1S/C10H7ClO2S/c11-10-4-3-9(14-10)5-7-1-2-8(6-12)13-7/h1-4,6H,5H2. The van der Waals surface area contributed by atoms with E-state index in [1.165, 1.54) is 11.3 Å². The SMILES string of the molecule is O=Cc1ccc(Cc2ccc(Cl)s2)o1. The summed E-state index contributed by atoms with van der Waals surface area (Å²) >= 11 is 7.31. The maximum Gasteiger partial charge on any atom is 0.185 e. The van der Waals surface area contributed by atoms with Crippen LogP contribution in [0.15, 0.2) is 28.7 Å². The zero-order chi connectivity index (χ0) is 9.97. The molecule has 72 valence electrons. The summed E-state index contributed by atoms with van der Waals surface area (Å²) in [6.45, 7) is 0. The van der Waals surface area contributed by atoms with Crippen LogP contribution in [0.5, 0.6) is 0 Å². The van der Waals surface area contributed by atoms with Crippen LogP contribution in [0.1, 0.15) is 21.2 Å². The average Bonchev–Trinajstić information content (AvgIpc) is 2.76. The molecule has 0 saturated heterocycles. The fraction of sp³-hybridized carbons (Fsp3) is 0.100. The molecule has 2 aromatic heterocycles. The van der Waals surface area contributed by atoms with Crippen molar-refractivity contribution in [1.82, 2.24) is 0 Å². The van der Waals surface area contributed by atoms with Gasteiger partial charge in [-0.05, 0) is 24.3 Å². The van der Waals surface area contributed by atoms with Gasteiger partial charge in [0.15, 0.2) is 12.0 Å². The number of carbonyl (C=O) groups is 1. The molecular weight excluding hydrogens is 220 g/mol. The molecule has 2 rings (SSSR count). The molecule has 0 saturated carbocycles. The van der Waals surface area contributed by atoms with Crippen LogP contribution in [0, 0.1) is 0 Å². The molecule has 0 aromatic carbocycles. The van der Waals surface area contributed by atoms with Crippen molar-refractivity contribution in [3.05, 3.63) is 45.0 Å². The molecule has 4 heteroatoms. The van der Waals surface area contributed by atoms with Gasteiger partial charge < -0.3 is 4.42 Å². The van der Waals surface area contributed by atoms with Crippen LogP contribution >= 0.6 is 22.9 Å². The van der Waals surface area contributed by atoms with Crippen LogP contribution in [0.4, 0.5) is 0 Å². The van der Waals surface area contributed by atoms with E-state index < -0.39 is 0 Å². The van der Waals surface area contributed by atoms with Crippen LogP contribution in [-0.2, 0) is 6.42 Å². The van der Waals surface area contributed by atoms with Gasteiger partial charge in [0.2, 0.25) is 0 Å². The molecule has 0 aliphatic carbocycles. The number of thiophene rings is 1. The normalized spacial score (nSPS) is 10.4. The summed E-state index contributed by atoms with van der Waals surface area (Å²) in [5.74, 6) is 1.15. The third-order valence-corrected chi connectivity index (χ3v) is 3.01. The minimum absolute atomic E-state index is 0.364. The van der Waals surface area contributed by atoms with Gasteiger partial charge in [0.1, 0.15) is 5.76 Å². The topological polar surface area (TPSA) is 30.2 Å². The van der Waals surface area contributed by atoms with Gasteiger partial charge in [-0.1, -0.05) is 11.6 Å². The highest BCUT2D eigenvalue weighted by atomic mass is 35.5. The van der Waals surface area contributed by atoms with Crippen molar-refractivity contribution < 1.29 is 9.21 Å². The molecule has 2 nitrogen and oxygen atoms in total. The summed E-state index contributed by atoms with van der Waals surface area (Å²) in [6, 6.07) is 7.27. The van der Waals surface area contributed by atoms with Crippen molar-refractivity contribution in [2.75, 3.05) is 0 Å².